The van der Waals surface area contributed by atoms with E-state index in [1.54, 1.807) is 32.4 Å². The third kappa shape index (κ3) is 1.84. The van der Waals surface area contributed by atoms with Gasteiger partial charge < -0.3 is 9.47 Å². The van der Waals surface area contributed by atoms with Crippen LogP contribution in [-0.2, 0) is 9.59 Å². The molecule has 0 unspecified atom stereocenters. The molecule has 26 heavy (non-hydrogen) atoms. The van der Waals surface area contributed by atoms with Crippen LogP contribution in [0.25, 0.3) is 0 Å². The van der Waals surface area contributed by atoms with Gasteiger partial charge in [0.25, 0.3) is 11.8 Å². The first-order valence-electron chi connectivity index (χ1n) is 8.93. The van der Waals surface area contributed by atoms with Crippen LogP contribution in [0.4, 0.5) is 0 Å². The van der Waals surface area contributed by atoms with Crippen LogP contribution in [0.3, 0.4) is 0 Å². The first-order valence-corrected chi connectivity index (χ1v) is 8.93. The lowest BCUT2D eigenvalue weighted by Crippen LogP contribution is -2.30. The second kappa shape index (κ2) is 5.19. The molecule has 6 nitrogen and oxygen atoms in total. The topological polar surface area (TPSA) is 68.2 Å². The maximum absolute atomic E-state index is 12.9. The van der Waals surface area contributed by atoms with Crippen LogP contribution in [-0.4, -0.2) is 37.3 Å². The maximum Gasteiger partial charge on any atom is 0.254 e. The minimum Gasteiger partial charge on any atom is -0.497 e. The van der Waals surface area contributed by atoms with E-state index in [2.05, 4.69) is 17.3 Å². The number of methoxy groups -OCH3 is 2. The molecule has 4 atom stereocenters. The van der Waals surface area contributed by atoms with Crippen molar-refractivity contribution in [3.63, 3.8) is 0 Å². The van der Waals surface area contributed by atoms with Gasteiger partial charge in [-0.2, -0.15) is 10.1 Å². The molecule has 1 saturated heterocycles. The van der Waals surface area contributed by atoms with Crippen molar-refractivity contribution in [3.05, 3.63) is 35.9 Å². The van der Waals surface area contributed by atoms with Crippen LogP contribution in [0.2, 0.25) is 0 Å². The van der Waals surface area contributed by atoms with Gasteiger partial charge in [0.15, 0.2) is 0 Å². The standard InChI is InChI=1S/C20H20N2O4/c1-25-12-4-3-11(15(9-12)26-2)10-21-22-18(23)16-13-5-6-14(17(16)19(22)24)20(13)7-8-20/h3-6,9-10,13-14,16-17H,7-8H2,1-2H3/b21-10-/t13-,14+,16-,17-/m0/s1. The van der Waals surface area contributed by atoms with Gasteiger partial charge in [-0.1, -0.05) is 12.2 Å². The van der Waals surface area contributed by atoms with E-state index in [0.717, 1.165) is 17.9 Å². The lowest BCUT2D eigenvalue weighted by molar-refractivity contribution is -0.141. The summed E-state index contributed by atoms with van der Waals surface area (Å²) < 4.78 is 10.5. The highest BCUT2D eigenvalue weighted by Crippen LogP contribution is 2.73. The third-order valence-corrected chi connectivity index (χ3v) is 6.58. The molecule has 1 aromatic carbocycles. The van der Waals surface area contributed by atoms with Crippen molar-refractivity contribution >= 4 is 18.0 Å². The number of ether oxygens (including phenoxy) is 2. The quantitative estimate of drug-likeness (QED) is 0.473. The molecule has 6 heteroatoms. The van der Waals surface area contributed by atoms with Crippen molar-refractivity contribution in [1.82, 2.24) is 5.01 Å². The molecule has 5 rings (SSSR count). The van der Waals surface area contributed by atoms with Gasteiger partial charge in [-0.05, 0) is 42.2 Å². The smallest absolute Gasteiger partial charge is 0.254 e. The number of nitrogens with zero attached hydrogens (tertiary/aromatic N) is 2. The first kappa shape index (κ1) is 15.6. The van der Waals surface area contributed by atoms with Crippen molar-refractivity contribution in [3.8, 4) is 11.5 Å². The van der Waals surface area contributed by atoms with Gasteiger partial charge >= 0.3 is 0 Å². The normalized spacial score (nSPS) is 32.8. The van der Waals surface area contributed by atoms with Gasteiger partial charge in [-0.25, -0.2) is 0 Å². The number of hydrogen-bond donors (Lipinski definition) is 0. The number of amides is 2. The Bertz CT molecular complexity index is 837. The van der Waals surface area contributed by atoms with E-state index < -0.39 is 0 Å². The Balaban J connectivity index is 1.42. The molecule has 1 spiro atoms. The van der Waals surface area contributed by atoms with Crippen LogP contribution in [0.5, 0.6) is 11.5 Å². The average Bonchev–Trinajstić information content (AvgIpc) is 3.26. The Morgan fingerprint density at radius 1 is 1.08 bits per heavy atom. The number of benzene rings is 1. The maximum atomic E-state index is 12.9. The number of allylic oxidation sites excluding steroid dienone is 2. The van der Waals surface area contributed by atoms with Crippen molar-refractivity contribution in [2.24, 2.45) is 34.2 Å². The molecule has 3 fully saturated rings. The summed E-state index contributed by atoms with van der Waals surface area (Å²) in [7, 11) is 3.14. The number of fused-ring (bicyclic) bond motifs is 3. The zero-order chi connectivity index (χ0) is 18.1. The number of hydrazone groups is 1. The summed E-state index contributed by atoms with van der Waals surface area (Å²) in [6.45, 7) is 0. The van der Waals surface area contributed by atoms with Crippen LogP contribution in [0, 0.1) is 29.1 Å². The zero-order valence-electron chi connectivity index (χ0n) is 14.7. The van der Waals surface area contributed by atoms with Crippen LogP contribution < -0.4 is 9.47 Å². The summed E-state index contributed by atoms with van der Waals surface area (Å²) in [6.07, 6.45) is 8.09. The van der Waals surface area contributed by atoms with Gasteiger partial charge in [0.2, 0.25) is 0 Å². The summed E-state index contributed by atoms with van der Waals surface area (Å²) in [5, 5.41) is 5.30. The Hall–Kier alpha value is -2.63. The summed E-state index contributed by atoms with van der Waals surface area (Å²) >= 11 is 0. The number of hydrogen-bond acceptors (Lipinski definition) is 5. The zero-order valence-corrected chi connectivity index (χ0v) is 14.7. The number of rotatable bonds is 4. The van der Waals surface area contributed by atoms with E-state index in [-0.39, 0.29) is 40.9 Å². The highest BCUT2D eigenvalue weighted by molar-refractivity contribution is 6.07. The number of carbonyl (C=O) groups excluding carboxylic acids is 2. The molecule has 1 aromatic rings. The van der Waals surface area contributed by atoms with E-state index >= 15 is 0 Å². The molecule has 134 valence electrons. The summed E-state index contributed by atoms with van der Waals surface area (Å²) in [6, 6.07) is 5.31. The molecule has 1 heterocycles. The fourth-order valence-electron chi connectivity index (χ4n) is 5.22. The second-order valence-electron chi connectivity index (χ2n) is 7.56. The Kier molecular flexibility index (Phi) is 3.12. The number of carbonyl (C=O) groups is 2. The molecule has 0 radical (unpaired) electrons. The van der Waals surface area contributed by atoms with Crippen LogP contribution in [0.15, 0.2) is 35.5 Å². The summed E-state index contributed by atoms with van der Waals surface area (Å²) in [4.78, 5) is 25.8. The molecule has 4 aliphatic rings. The predicted octanol–water partition coefficient (Wildman–Crippen LogP) is 2.23. The molecule has 2 amide bonds. The minimum atomic E-state index is -0.227. The van der Waals surface area contributed by atoms with Crippen LogP contribution >= 0.6 is 0 Å². The molecular weight excluding hydrogens is 332 g/mol. The predicted molar refractivity (Wildman–Crippen MR) is 93.8 cm³/mol. The molecule has 2 bridgehead atoms. The lowest BCUT2D eigenvalue weighted by Gasteiger charge is -2.18. The van der Waals surface area contributed by atoms with Crippen molar-refractivity contribution in [1.29, 1.82) is 0 Å². The fourth-order valence-corrected chi connectivity index (χ4v) is 5.22. The average molecular weight is 352 g/mol. The van der Waals surface area contributed by atoms with Crippen molar-refractivity contribution < 1.29 is 19.1 Å². The second-order valence-corrected chi connectivity index (χ2v) is 7.56. The van der Waals surface area contributed by atoms with Crippen molar-refractivity contribution in [2.45, 2.75) is 12.8 Å². The van der Waals surface area contributed by atoms with Crippen LogP contribution in [0.1, 0.15) is 18.4 Å². The molecule has 0 N–H and O–H groups in total. The van der Waals surface area contributed by atoms with Gasteiger partial charge in [0, 0.05) is 11.6 Å². The lowest BCUT2D eigenvalue weighted by atomic mass is 9.85. The highest BCUT2D eigenvalue weighted by atomic mass is 16.5. The highest BCUT2D eigenvalue weighted by Gasteiger charge is 2.73. The van der Waals surface area contributed by atoms with E-state index in [1.165, 1.54) is 6.21 Å². The van der Waals surface area contributed by atoms with Gasteiger partial charge in [0.05, 0.1) is 32.3 Å². The van der Waals surface area contributed by atoms with Crippen molar-refractivity contribution in [2.75, 3.05) is 14.2 Å². The molecule has 3 aliphatic carbocycles. The summed E-state index contributed by atoms with van der Waals surface area (Å²) in [5.41, 5.74) is 0.890. The first-order chi connectivity index (χ1) is 12.6. The van der Waals surface area contributed by atoms with Gasteiger partial charge in [0.1, 0.15) is 11.5 Å². The van der Waals surface area contributed by atoms with E-state index in [4.69, 9.17) is 9.47 Å². The Labute approximate surface area is 151 Å². The van der Waals surface area contributed by atoms with Gasteiger partial charge in [-0.15, -0.1) is 0 Å². The Morgan fingerprint density at radius 3 is 2.27 bits per heavy atom. The largest absolute Gasteiger partial charge is 0.497 e. The number of imide groups is 1. The minimum absolute atomic E-state index is 0.160. The Morgan fingerprint density at radius 2 is 1.73 bits per heavy atom. The summed E-state index contributed by atoms with van der Waals surface area (Å²) in [5.74, 6) is 0.892. The van der Waals surface area contributed by atoms with Gasteiger partial charge in [-0.3, -0.25) is 9.59 Å². The third-order valence-electron chi connectivity index (χ3n) is 6.58. The molecule has 1 aliphatic heterocycles. The van der Waals surface area contributed by atoms with E-state index in [9.17, 15) is 9.59 Å². The molecule has 2 saturated carbocycles. The van der Waals surface area contributed by atoms with E-state index in [1.807, 2.05) is 0 Å². The molecule has 0 aromatic heterocycles. The monoisotopic (exact) mass is 352 g/mol. The molecular formula is C20H20N2O4. The van der Waals surface area contributed by atoms with E-state index in [0.29, 0.717) is 17.1 Å². The SMILES string of the molecule is COc1ccc(/C=N\N2C(=O)[C@@H]3[C@@H](C2=O)[C@@H]2C=C[C@H]3C23CC3)c(OC)c1. The fraction of sp³-hybridized carbons (Fsp3) is 0.450.